The van der Waals surface area contributed by atoms with E-state index in [-0.39, 0.29) is 6.01 Å². The van der Waals surface area contributed by atoms with Crippen molar-refractivity contribution in [3.63, 3.8) is 0 Å². The number of aromatic nitrogens is 2. The number of rotatable bonds is 2. The largest absolute Gasteiger partial charge is 0.391 e. The third-order valence-corrected chi connectivity index (χ3v) is 3.42. The molecule has 0 aliphatic carbocycles. The lowest BCUT2D eigenvalue weighted by atomic mass is 10.3. The van der Waals surface area contributed by atoms with Crippen LogP contribution >= 0.6 is 22.9 Å². The van der Waals surface area contributed by atoms with E-state index in [1.807, 2.05) is 6.07 Å². The van der Waals surface area contributed by atoms with E-state index in [0.29, 0.717) is 5.15 Å². The van der Waals surface area contributed by atoms with Crippen molar-refractivity contribution in [1.29, 1.82) is 0 Å². The van der Waals surface area contributed by atoms with Crippen LogP contribution in [-0.4, -0.2) is 15.9 Å². The number of nitrogens with zero attached hydrogens (tertiary/aromatic N) is 2. The molecule has 0 aliphatic rings. The van der Waals surface area contributed by atoms with Gasteiger partial charge in [-0.1, -0.05) is 18.5 Å². The van der Waals surface area contributed by atoms with E-state index in [1.165, 1.54) is 23.1 Å². The second-order valence-electron chi connectivity index (χ2n) is 3.18. The number of aryl methyl sites for hydroxylation is 1. The summed E-state index contributed by atoms with van der Waals surface area (Å²) < 4.78 is 4.81. The molecule has 4 nitrogen and oxygen atoms in total. The van der Waals surface area contributed by atoms with Crippen molar-refractivity contribution in [2.24, 2.45) is 0 Å². The second kappa shape index (κ2) is 4.35. The first-order valence-electron chi connectivity index (χ1n) is 4.74. The smallest absolute Gasteiger partial charge is 0.327 e. The third-order valence-electron chi connectivity index (χ3n) is 1.96. The first-order chi connectivity index (χ1) is 7.60. The molecule has 0 amide bonds. The minimum Gasteiger partial charge on any atom is -0.391 e. The molecule has 2 aromatic rings. The van der Waals surface area contributed by atoms with E-state index < -0.39 is 5.97 Å². The Morgan fingerprint density at radius 1 is 1.56 bits per heavy atom. The zero-order valence-electron chi connectivity index (χ0n) is 8.78. The number of halogens is 1. The Morgan fingerprint density at radius 3 is 2.94 bits per heavy atom. The average molecular weight is 257 g/mol. The molecule has 6 heteroatoms. The fourth-order valence-corrected chi connectivity index (χ4v) is 2.50. The van der Waals surface area contributed by atoms with E-state index in [2.05, 4.69) is 16.9 Å². The Morgan fingerprint density at radius 2 is 2.31 bits per heavy atom. The van der Waals surface area contributed by atoms with Crippen LogP contribution in [0.25, 0.3) is 10.2 Å². The van der Waals surface area contributed by atoms with Crippen LogP contribution in [0.4, 0.5) is 0 Å². The minimum atomic E-state index is -0.456. The van der Waals surface area contributed by atoms with Crippen LogP contribution in [0.5, 0.6) is 6.01 Å². The Labute approximate surface area is 101 Å². The van der Waals surface area contributed by atoms with Gasteiger partial charge in [-0.3, -0.25) is 4.79 Å². The van der Waals surface area contributed by atoms with Crippen LogP contribution in [0.3, 0.4) is 0 Å². The Hall–Kier alpha value is -1.20. The molecule has 0 aliphatic heterocycles. The summed E-state index contributed by atoms with van der Waals surface area (Å²) >= 11 is 7.51. The summed E-state index contributed by atoms with van der Waals surface area (Å²) in [6, 6.07) is 1.97. The van der Waals surface area contributed by atoms with Crippen LogP contribution in [0, 0.1) is 0 Å². The predicted molar refractivity (Wildman–Crippen MR) is 63.1 cm³/mol. The zero-order valence-corrected chi connectivity index (χ0v) is 10.4. The fourth-order valence-electron chi connectivity index (χ4n) is 1.27. The lowest BCUT2D eigenvalue weighted by Crippen LogP contribution is -2.04. The highest BCUT2D eigenvalue weighted by molar-refractivity contribution is 7.18. The monoisotopic (exact) mass is 256 g/mol. The van der Waals surface area contributed by atoms with Crippen LogP contribution in [0.2, 0.25) is 5.15 Å². The van der Waals surface area contributed by atoms with Gasteiger partial charge >= 0.3 is 12.0 Å². The third kappa shape index (κ3) is 2.15. The van der Waals surface area contributed by atoms with Crippen LogP contribution in [-0.2, 0) is 11.2 Å². The zero-order chi connectivity index (χ0) is 11.7. The molecule has 2 aromatic heterocycles. The van der Waals surface area contributed by atoms with Crippen molar-refractivity contribution >= 4 is 39.1 Å². The summed E-state index contributed by atoms with van der Waals surface area (Å²) in [5.74, 6) is -0.456. The fraction of sp³-hybridized carbons (Fsp3) is 0.300. The lowest BCUT2D eigenvalue weighted by molar-refractivity contribution is -0.132. The van der Waals surface area contributed by atoms with E-state index in [9.17, 15) is 4.79 Å². The summed E-state index contributed by atoms with van der Waals surface area (Å²) in [5.41, 5.74) is 0. The van der Waals surface area contributed by atoms with Crippen LogP contribution in [0.15, 0.2) is 6.07 Å². The Bertz CT molecular complexity index is 553. The summed E-state index contributed by atoms with van der Waals surface area (Å²) in [6.07, 6.45) is 0.917. The molecule has 0 saturated carbocycles. The summed E-state index contributed by atoms with van der Waals surface area (Å²) in [5, 5.41) is 1.12. The molecule has 0 N–H and O–H groups in total. The minimum absolute atomic E-state index is 0.00880. The topological polar surface area (TPSA) is 52.1 Å². The highest BCUT2D eigenvalue weighted by Gasteiger charge is 2.11. The standard InChI is InChI=1S/C10H9ClN2O2S/c1-3-6-4-7-8(11)12-10(15-5(2)14)13-9(7)16-6/h4H,3H2,1-2H3. The number of esters is 1. The molecule has 0 unspecified atom stereocenters. The first kappa shape index (κ1) is 11.3. The number of thiophene rings is 1. The molecule has 0 aromatic carbocycles. The Kier molecular flexibility index (Phi) is 3.07. The predicted octanol–water partition coefficient (Wildman–Crippen LogP) is 2.83. The van der Waals surface area contributed by atoms with Gasteiger partial charge in [0, 0.05) is 17.2 Å². The van der Waals surface area contributed by atoms with Gasteiger partial charge in [0.2, 0.25) is 0 Å². The number of carbonyl (C=O) groups excluding carboxylic acids is 1. The van der Waals surface area contributed by atoms with Gasteiger partial charge in [-0.15, -0.1) is 11.3 Å². The van der Waals surface area contributed by atoms with Crippen molar-refractivity contribution < 1.29 is 9.53 Å². The molecular weight excluding hydrogens is 248 g/mol. The van der Waals surface area contributed by atoms with Crippen molar-refractivity contribution in [1.82, 2.24) is 9.97 Å². The molecule has 0 bridgehead atoms. The molecule has 84 valence electrons. The van der Waals surface area contributed by atoms with Gasteiger partial charge in [0.25, 0.3) is 0 Å². The number of fused-ring (bicyclic) bond motifs is 1. The van der Waals surface area contributed by atoms with Gasteiger partial charge in [0.1, 0.15) is 9.98 Å². The average Bonchev–Trinajstić information content (AvgIpc) is 2.60. The number of hydrogen-bond donors (Lipinski definition) is 0. The van der Waals surface area contributed by atoms with Crippen LogP contribution in [0.1, 0.15) is 18.7 Å². The Balaban J connectivity index is 2.52. The summed E-state index contributed by atoms with van der Waals surface area (Å²) in [6.45, 7) is 3.35. The molecule has 2 rings (SSSR count). The lowest BCUT2D eigenvalue weighted by Gasteiger charge is -1.99. The molecule has 0 radical (unpaired) electrons. The van der Waals surface area contributed by atoms with Crippen molar-refractivity contribution in [2.45, 2.75) is 20.3 Å². The van der Waals surface area contributed by atoms with Gasteiger partial charge < -0.3 is 4.74 Å². The number of carbonyl (C=O) groups is 1. The number of hydrogen-bond acceptors (Lipinski definition) is 5. The highest BCUT2D eigenvalue weighted by atomic mass is 35.5. The summed E-state index contributed by atoms with van der Waals surface area (Å²) in [7, 11) is 0. The van der Waals surface area contributed by atoms with E-state index in [4.69, 9.17) is 16.3 Å². The maximum atomic E-state index is 10.8. The van der Waals surface area contributed by atoms with Crippen molar-refractivity contribution in [3.05, 3.63) is 16.1 Å². The van der Waals surface area contributed by atoms with Gasteiger partial charge in [-0.2, -0.15) is 9.97 Å². The van der Waals surface area contributed by atoms with E-state index in [1.54, 1.807) is 0 Å². The highest BCUT2D eigenvalue weighted by Crippen LogP contribution is 2.30. The molecule has 2 heterocycles. The SMILES string of the molecule is CCc1cc2c(Cl)nc(OC(C)=O)nc2s1. The normalized spacial score (nSPS) is 10.7. The summed E-state index contributed by atoms with van der Waals surface area (Å²) in [4.78, 5) is 20.7. The van der Waals surface area contributed by atoms with Gasteiger partial charge in [0.05, 0.1) is 0 Å². The quantitative estimate of drug-likeness (QED) is 0.612. The maximum absolute atomic E-state index is 10.8. The molecule has 16 heavy (non-hydrogen) atoms. The molecule has 0 spiro atoms. The maximum Gasteiger partial charge on any atom is 0.327 e. The molecule has 0 atom stereocenters. The van der Waals surface area contributed by atoms with Crippen molar-refractivity contribution in [3.8, 4) is 6.01 Å². The number of ether oxygens (including phenoxy) is 1. The van der Waals surface area contributed by atoms with Gasteiger partial charge in [-0.05, 0) is 12.5 Å². The molecular formula is C10H9ClN2O2S. The first-order valence-corrected chi connectivity index (χ1v) is 5.94. The van der Waals surface area contributed by atoms with E-state index >= 15 is 0 Å². The second-order valence-corrected chi connectivity index (χ2v) is 4.65. The van der Waals surface area contributed by atoms with Gasteiger partial charge in [0.15, 0.2) is 0 Å². The van der Waals surface area contributed by atoms with Crippen LogP contribution < -0.4 is 4.74 Å². The molecule has 0 saturated heterocycles. The van der Waals surface area contributed by atoms with Gasteiger partial charge in [-0.25, -0.2) is 0 Å². The molecule has 0 fully saturated rings. The van der Waals surface area contributed by atoms with E-state index in [0.717, 1.165) is 16.6 Å². The van der Waals surface area contributed by atoms with Crippen molar-refractivity contribution in [2.75, 3.05) is 0 Å².